The monoisotopic (exact) mass is 425 g/mol. The number of nitrogens with zero attached hydrogens (tertiary/aromatic N) is 3. The van der Waals surface area contributed by atoms with Gasteiger partial charge in [0.1, 0.15) is 12.2 Å². The van der Waals surface area contributed by atoms with Crippen molar-refractivity contribution in [3.63, 3.8) is 0 Å². The number of hydrogen-bond acceptors (Lipinski definition) is 6. The summed E-state index contributed by atoms with van der Waals surface area (Å²) in [4.78, 5) is 41.2. The van der Waals surface area contributed by atoms with Gasteiger partial charge in [-0.05, 0) is 45.3 Å². The van der Waals surface area contributed by atoms with Crippen LogP contribution in [0.2, 0.25) is 0 Å². The Labute approximate surface area is 182 Å². The number of ether oxygens (including phenoxy) is 2. The Bertz CT molecular complexity index is 944. The van der Waals surface area contributed by atoms with Gasteiger partial charge < -0.3 is 14.4 Å². The van der Waals surface area contributed by atoms with E-state index in [9.17, 15) is 19.6 Å². The van der Waals surface area contributed by atoms with Crippen LogP contribution < -0.4 is 0 Å². The molecule has 2 atom stereocenters. The van der Waals surface area contributed by atoms with Gasteiger partial charge >= 0.3 is 12.2 Å². The van der Waals surface area contributed by atoms with Crippen molar-refractivity contribution in [3.8, 4) is 6.07 Å². The molecule has 0 aliphatic carbocycles. The summed E-state index contributed by atoms with van der Waals surface area (Å²) in [6, 6.07) is 11.0. The van der Waals surface area contributed by atoms with Crippen LogP contribution in [0.4, 0.5) is 9.59 Å². The number of rotatable bonds is 3. The summed E-state index contributed by atoms with van der Waals surface area (Å²) in [5.41, 5.74) is -0.490. The second kappa shape index (κ2) is 8.42. The molecule has 8 heteroatoms. The molecule has 2 heterocycles. The van der Waals surface area contributed by atoms with Crippen LogP contribution in [0, 0.1) is 16.7 Å². The van der Waals surface area contributed by atoms with Crippen molar-refractivity contribution in [1.82, 2.24) is 9.80 Å². The lowest BCUT2D eigenvalue weighted by Gasteiger charge is -2.30. The van der Waals surface area contributed by atoms with Crippen LogP contribution in [-0.4, -0.2) is 59.2 Å². The van der Waals surface area contributed by atoms with E-state index in [0.717, 1.165) is 10.5 Å². The molecule has 0 aromatic heterocycles. The van der Waals surface area contributed by atoms with E-state index in [4.69, 9.17) is 9.47 Å². The van der Waals surface area contributed by atoms with Crippen LogP contribution in [-0.2, 0) is 20.7 Å². The summed E-state index contributed by atoms with van der Waals surface area (Å²) < 4.78 is 10.6. The minimum absolute atomic E-state index is 0.0100. The summed E-state index contributed by atoms with van der Waals surface area (Å²) in [5, 5.41) is 9.24. The van der Waals surface area contributed by atoms with Crippen molar-refractivity contribution >= 4 is 18.1 Å². The summed E-state index contributed by atoms with van der Waals surface area (Å²) in [6.07, 6.45) is 0.453. The molecule has 0 saturated carbocycles. The smallest absolute Gasteiger partial charge is 0.417 e. The third-order valence-electron chi connectivity index (χ3n) is 5.43. The van der Waals surface area contributed by atoms with E-state index in [1.807, 2.05) is 36.4 Å². The van der Waals surface area contributed by atoms with Crippen molar-refractivity contribution in [2.75, 3.05) is 19.7 Å². The van der Waals surface area contributed by atoms with Crippen molar-refractivity contribution in [1.29, 1.82) is 5.26 Å². The van der Waals surface area contributed by atoms with Crippen molar-refractivity contribution in [3.05, 3.63) is 47.5 Å². The Kier molecular flexibility index (Phi) is 6.07. The first-order chi connectivity index (χ1) is 14.5. The number of nitriles is 1. The van der Waals surface area contributed by atoms with Crippen molar-refractivity contribution in [2.45, 2.75) is 45.8 Å². The first-order valence-electron chi connectivity index (χ1n) is 10.2. The Morgan fingerprint density at radius 1 is 1.32 bits per heavy atom. The van der Waals surface area contributed by atoms with Gasteiger partial charge in [-0.3, -0.25) is 4.79 Å². The molecule has 2 aliphatic rings. The molecule has 0 N–H and O–H groups in total. The number of cyclic esters (lactones) is 1. The van der Waals surface area contributed by atoms with Crippen LogP contribution >= 0.6 is 0 Å². The van der Waals surface area contributed by atoms with Crippen LogP contribution in [0.15, 0.2) is 42.0 Å². The largest absolute Gasteiger partial charge is 0.447 e. The average molecular weight is 425 g/mol. The van der Waals surface area contributed by atoms with Crippen LogP contribution in [0.3, 0.4) is 0 Å². The molecule has 2 fully saturated rings. The zero-order chi connectivity index (χ0) is 22.8. The molecular formula is C23H27N3O5. The number of likely N-dealkylation sites (tertiary alicyclic amines) is 1. The van der Waals surface area contributed by atoms with Gasteiger partial charge in [0.25, 0.3) is 0 Å². The van der Waals surface area contributed by atoms with E-state index < -0.39 is 35.2 Å². The highest BCUT2D eigenvalue weighted by Crippen LogP contribution is 2.39. The summed E-state index contributed by atoms with van der Waals surface area (Å²) >= 11 is 0. The molecule has 2 aliphatic heterocycles. The van der Waals surface area contributed by atoms with Gasteiger partial charge in [-0.2, -0.15) is 5.26 Å². The molecule has 2 saturated heterocycles. The maximum atomic E-state index is 13.6. The predicted molar refractivity (Wildman–Crippen MR) is 112 cm³/mol. The quantitative estimate of drug-likeness (QED) is 0.689. The van der Waals surface area contributed by atoms with Crippen LogP contribution in [0.25, 0.3) is 0 Å². The highest BCUT2D eigenvalue weighted by atomic mass is 16.6. The number of imide groups is 1. The standard InChI is InChI=1S/C23H27N3O5/c1-22(2,3)31-20(28)25-13-17(10-11-24)23(4,15-25)19(27)26-18(14-30-21(26)29)12-16-8-6-5-7-9-16/h5-10,18H,12-15H2,1-4H3/b17-10-/t18-,23-/m0/s1. The van der Waals surface area contributed by atoms with E-state index in [-0.39, 0.29) is 19.7 Å². The van der Waals surface area contributed by atoms with E-state index >= 15 is 0 Å². The van der Waals surface area contributed by atoms with Gasteiger partial charge in [0, 0.05) is 19.2 Å². The van der Waals surface area contributed by atoms with Crippen molar-refractivity contribution < 1.29 is 23.9 Å². The fourth-order valence-corrected chi connectivity index (χ4v) is 3.87. The Morgan fingerprint density at radius 3 is 2.61 bits per heavy atom. The number of carbonyl (C=O) groups is 3. The van der Waals surface area contributed by atoms with Gasteiger partial charge in [-0.1, -0.05) is 30.3 Å². The first kappa shape index (κ1) is 22.3. The molecule has 31 heavy (non-hydrogen) atoms. The Balaban J connectivity index is 1.86. The highest BCUT2D eigenvalue weighted by Gasteiger charge is 2.53. The maximum absolute atomic E-state index is 13.6. The molecule has 0 bridgehead atoms. The van der Waals surface area contributed by atoms with E-state index in [2.05, 4.69) is 0 Å². The van der Waals surface area contributed by atoms with Gasteiger partial charge in [0.2, 0.25) is 5.91 Å². The molecule has 0 unspecified atom stereocenters. The van der Waals surface area contributed by atoms with Crippen LogP contribution in [0.5, 0.6) is 0 Å². The van der Waals surface area contributed by atoms with E-state index in [0.29, 0.717) is 12.0 Å². The fraction of sp³-hybridized carbons (Fsp3) is 0.478. The molecule has 164 valence electrons. The lowest BCUT2D eigenvalue weighted by atomic mass is 9.82. The van der Waals surface area contributed by atoms with Gasteiger partial charge in [-0.25, -0.2) is 14.5 Å². The van der Waals surface area contributed by atoms with Gasteiger partial charge in [0.15, 0.2) is 0 Å². The lowest BCUT2D eigenvalue weighted by molar-refractivity contribution is -0.136. The average Bonchev–Trinajstić information content (AvgIpc) is 3.22. The number of allylic oxidation sites excluding steroid dienone is 1. The van der Waals surface area contributed by atoms with Gasteiger partial charge in [-0.15, -0.1) is 0 Å². The Hall–Kier alpha value is -3.34. The number of amides is 3. The molecule has 0 radical (unpaired) electrons. The summed E-state index contributed by atoms with van der Waals surface area (Å²) in [6.45, 7) is 7.10. The fourth-order valence-electron chi connectivity index (χ4n) is 3.87. The van der Waals surface area contributed by atoms with E-state index in [1.165, 1.54) is 11.0 Å². The second-order valence-corrected chi connectivity index (χ2v) is 9.06. The molecule has 0 spiro atoms. The molecule has 3 amide bonds. The van der Waals surface area contributed by atoms with Crippen LogP contribution in [0.1, 0.15) is 33.3 Å². The lowest BCUT2D eigenvalue weighted by Crippen LogP contribution is -2.49. The molecule has 3 rings (SSSR count). The first-order valence-corrected chi connectivity index (χ1v) is 10.2. The SMILES string of the molecule is CC(C)(C)OC(=O)N1C/C(=C/C#N)[C@@](C)(C(=O)N2C(=O)OC[C@@H]2Cc2ccccc2)C1. The van der Waals surface area contributed by atoms with Crippen molar-refractivity contribution in [2.24, 2.45) is 5.41 Å². The number of hydrogen-bond donors (Lipinski definition) is 0. The number of carbonyl (C=O) groups excluding carboxylic acids is 3. The molecule has 1 aromatic carbocycles. The zero-order valence-corrected chi connectivity index (χ0v) is 18.3. The third-order valence-corrected chi connectivity index (χ3v) is 5.43. The zero-order valence-electron chi connectivity index (χ0n) is 18.3. The molecule has 8 nitrogen and oxygen atoms in total. The summed E-state index contributed by atoms with van der Waals surface area (Å²) in [5.74, 6) is -0.483. The number of benzene rings is 1. The topological polar surface area (TPSA) is 99.9 Å². The van der Waals surface area contributed by atoms with E-state index in [1.54, 1.807) is 27.7 Å². The minimum atomic E-state index is -1.23. The maximum Gasteiger partial charge on any atom is 0.417 e. The molecular weight excluding hydrogens is 398 g/mol. The minimum Gasteiger partial charge on any atom is -0.447 e. The third kappa shape index (κ3) is 4.71. The second-order valence-electron chi connectivity index (χ2n) is 9.06. The van der Waals surface area contributed by atoms with Gasteiger partial charge in [0.05, 0.1) is 17.5 Å². The highest BCUT2D eigenvalue weighted by molar-refractivity contribution is 5.99. The normalized spacial score (nSPS) is 24.8. The summed E-state index contributed by atoms with van der Waals surface area (Å²) in [7, 11) is 0. The predicted octanol–water partition coefficient (Wildman–Crippen LogP) is 3.28. The molecule has 1 aromatic rings. The Morgan fingerprint density at radius 2 is 2.00 bits per heavy atom.